The van der Waals surface area contributed by atoms with Crippen LogP contribution in [0.2, 0.25) is 0 Å². The molecule has 2 aromatic rings. The maximum Gasteiger partial charge on any atom is 0.573 e. The molecule has 0 aliphatic rings. The van der Waals surface area contributed by atoms with Gasteiger partial charge in [0.2, 0.25) is 0 Å². The van der Waals surface area contributed by atoms with E-state index in [1.165, 1.54) is 18.2 Å². The Kier molecular flexibility index (Phi) is 3.89. The molecule has 1 N–H and O–H groups in total. The van der Waals surface area contributed by atoms with Crippen LogP contribution in [0.25, 0.3) is 11.3 Å². The Morgan fingerprint density at radius 2 is 1.95 bits per heavy atom. The third-order valence-electron chi connectivity index (χ3n) is 2.47. The topological polar surface area (TPSA) is 42.4 Å². The van der Waals surface area contributed by atoms with Crippen molar-refractivity contribution >= 4 is 0 Å². The highest BCUT2D eigenvalue weighted by molar-refractivity contribution is 5.61. The summed E-state index contributed by atoms with van der Waals surface area (Å²) >= 11 is 0. The monoisotopic (exact) mass is 287 g/mol. The van der Waals surface area contributed by atoms with Crippen LogP contribution in [0.4, 0.5) is 17.6 Å². The van der Waals surface area contributed by atoms with Crippen LogP contribution in [0.5, 0.6) is 5.75 Å². The minimum absolute atomic E-state index is 0.0112. The van der Waals surface area contributed by atoms with Gasteiger partial charge in [-0.1, -0.05) is 12.1 Å². The van der Waals surface area contributed by atoms with Crippen LogP contribution in [0, 0.1) is 5.82 Å². The molecule has 0 aliphatic heterocycles. The van der Waals surface area contributed by atoms with Crippen LogP contribution >= 0.6 is 0 Å². The van der Waals surface area contributed by atoms with E-state index in [2.05, 4.69) is 9.72 Å². The molecular formula is C13H9F4NO2. The predicted octanol–water partition coefficient (Wildman–Crippen LogP) is 3.28. The van der Waals surface area contributed by atoms with Crippen molar-refractivity contribution in [3.8, 4) is 17.0 Å². The number of hydrogen-bond acceptors (Lipinski definition) is 3. The van der Waals surface area contributed by atoms with Gasteiger partial charge in [-0.25, -0.2) is 4.39 Å². The minimum atomic E-state index is -4.79. The lowest BCUT2D eigenvalue weighted by Gasteiger charge is -2.10. The predicted molar refractivity (Wildman–Crippen MR) is 62.2 cm³/mol. The molecule has 7 heteroatoms. The van der Waals surface area contributed by atoms with Gasteiger partial charge in [-0.05, 0) is 18.2 Å². The average Bonchev–Trinajstić information content (AvgIpc) is 2.37. The van der Waals surface area contributed by atoms with Gasteiger partial charge in [0.25, 0.3) is 0 Å². The van der Waals surface area contributed by atoms with Crippen molar-refractivity contribution in [3.05, 3.63) is 47.9 Å². The summed E-state index contributed by atoms with van der Waals surface area (Å²) in [5, 5.41) is 8.96. The van der Waals surface area contributed by atoms with E-state index in [0.717, 1.165) is 18.3 Å². The Hall–Kier alpha value is -2.15. The maximum atomic E-state index is 13.2. The molecule has 0 spiro atoms. The fourth-order valence-electron chi connectivity index (χ4n) is 1.61. The SMILES string of the molecule is OCc1cc(-c2cccc(OC(F)(F)F)c2)ncc1F. The van der Waals surface area contributed by atoms with E-state index < -0.39 is 24.5 Å². The molecule has 0 atom stereocenters. The summed E-state index contributed by atoms with van der Waals surface area (Å²) < 4.78 is 53.4. The number of ether oxygens (including phenoxy) is 1. The number of alkyl halides is 3. The molecule has 1 heterocycles. The van der Waals surface area contributed by atoms with Crippen LogP contribution in [-0.4, -0.2) is 16.5 Å². The Labute approximate surface area is 111 Å². The second-order valence-corrected chi connectivity index (χ2v) is 3.89. The molecule has 1 aromatic heterocycles. The van der Waals surface area contributed by atoms with Gasteiger partial charge in [0, 0.05) is 11.1 Å². The van der Waals surface area contributed by atoms with E-state index in [0.29, 0.717) is 5.56 Å². The molecule has 0 bridgehead atoms. The van der Waals surface area contributed by atoms with Crippen molar-refractivity contribution in [1.82, 2.24) is 4.98 Å². The molecule has 0 amide bonds. The smallest absolute Gasteiger partial charge is 0.406 e. The van der Waals surface area contributed by atoms with Crippen molar-refractivity contribution in [2.75, 3.05) is 0 Å². The summed E-state index contributed by atoms with van der Waals surface area (Å²) in [6.07, 6.45) is -3.89. The first-order valence-electron chi connectivity index (χ1n) is 5.50. The summed E-state index contributed by atoms with van der Waals surface area (Å²) in [6.45, 7) is -0.528. The quantitative estimate of drug-likeness (QED) is 0.881. The Morgan fingerprint density at radius 3 is 2.60 bits per heavy atom. The average molecular weight is 287 g/mol. The third-order valence-corrected chi connectivity index (χ3v) is 2.47. The number of aliphatic hydroxyl groups is 1. The maximum absolute atomic E-state index is 13.2. The van der Waals surface area contributed by atoms with Gasteiger partial charge in [-0.3, -0.25) is 4.98 Å². The first-order chi connectivity index (χ1) is 9.39. The molecule has 0 saturated heterocycles. The Bertz CT molecular complexity index is 614. The lowest BCUT2D eigenvalue weighted by Crippen LogP contribution is -2.17. The van der Waals surface area contributed by atoms with Crippen molar-refractivity contribution in [3.63, 3.8) is 0 Å². The number of hydrogen-bond donors (Lipinski definition) is 1. The van der Waals surface area contributed by atoms with E-state index in [1.54, 1.807) is 0 Å². The van der Waals surface area contributed by atoms with Crippen molar-refractivity contribution in [2.45, 2.75) is 13.0 Å². The van der Waals surface area contributed by atoms with E-state index in [-0.39, 0.29) is 11.3 Å². The zero-order valence-electron chi connectivity index (χ0n) is 9.99. The summed E-state index contributed by atoms with van der Waals surface area (Å²) in [5.74, 6) is -1.08. The van der Waals surface area contributed by atoms with Crippen molar-refractivity contribution in [1.29, 1.82) is 0 Å². The molecule has 0 unspecified atom stereocenters. The van der Waals surface area contributed by atoms with E-state index in [9.17, 15) is 17.6 Å². The lowest BCUT2D eigenvalue weighted by molar-refractivity contribution is -0.274. The van der Waals surface area contributed by atoms with Crippen LogP contribution in [0.3, 0.4) is 0 Å². The van der Waals surface area contributed by atoms with Crippen LogP contribution < -0.4 is 4.74 Å². The lowest BCUT2D eigenvalue weighted by atomic mass is 10.1. The highest BCUT2D eigenvalue weighted by Gasteiger charge is 2.31. The number of halogens is 4. The zero-order chi connectivity index (χ0) is 14.8. The van der Waals surface area contributed by atoms with Gasteiger partial charge in [0.1, 0.15) is 11.6 Å². The summed E-state index contributed by atoms with van der Waals surface area (Å²) in [4.78, 5) is 3.77. The Morgan fingerprint density at radius 1 is 1.20 bits per heavy atom. The van der Waals surface area contributed by atoms with Crippen molar-refractivity contribution in [2.24, 2.45) is 0 Å². The molecule has 0 radical (unpaired) electrons. The van der Waals surface area contributed by atoms with Crippen LogP contribution in [0.1, 0.15) is 5.56 Å². The van der Waals surface area contributed by atoms with E-state index in [1.807, 2.05) is 0 Å². The van der Waals surface area contributed by atoms with Crippen molar-refractivity contribution < 1.29 is 27.4 Å². The van der Waals surface area contributed by atoms with Gasteiger partial charge in [0.15, 0.2) is 0 Å². The van der Waals surface area contributed by atoms with Gasteiger partial charge in [-0.15, -0.1) is 13.2 Å². The number of benzene rings is 1. The number of rotatable bonds is 3. The number of nitrogens with zero attached hydrogens (tertiary/aromatic N) is 1. The number of aliphatic hydroxyl groups excluding tert-OH is 1. The molecule has 106 valence electrons. The zero-order valence-corrected chi connectivity index (χ0v) is 9.99. The molecule has 0 fully saturated rings. The summed E-state index contributed by atoms with van der Waals surface area (Å²) in [7, 11) is 0. The van der Waals surface area contributed by atoms with Crippen LogP contribution in [0.15, 0.2) is 36.5 Å². The number of pyridine rings is 1. The molecule has 0 saturated carbocycles. The fraction of sp³-hybridized carbons (Fsp3) is 0.154. The highest BCUT2D eigenvalue weighted by Crippen LogP contribution is 2.27. The van der Waals surface area contributed by atoms with E-state index in [4.69, 9.17) is 5.11 Å². The molecule has 3 nitrogen and oxygen atoms in total. The van der Waals surface area contributed by atoms with Gasteiger partial charge < -0.3 is 9.84 Å². The Balaban J connectivity index is 2.36. The molecular weight excluding hydrogens is 278 g/mol. The molecule has 1 aromatic carbocycles. The molecule has 0 aliphatic carbocycles. The van der Waals surface area contributed by atoms with E-state index >= 15 is 0 Å². The first-order valence-corrected chi connectivity index (χ1v) is 5.50. The summed E-state index contributed by atoms with van der Waals surface area (Å²) in [6, 6.07) is 6.41. The van der Waals surface area contributed by atoms with Crippen LogP contribution in [-0.2, 0) is 6.61 Å². The largest absolute Gasteiger partial charge is 0.573 e. The van der Waals surface area contributed by atoms with Gasteiger partial charge >= 0.3 is 6.36 Å². The highest BCUT2D eigenvalue weighted by atomic mass is 19.4. The van der Waals surface area contributed by atoms with Gasteiger partial charge in [-0.2, -0.15) is 0 Å². The normalized spacial score (nSPS) is 11.4. The minimum Gasteiger partial charge on any atom is -0.406 e. The first kappa shape index (κ1) is 14.3. The number of aromatic nitrogens is 1. The standard InChI is InChI=1S/C13H9F4NO2/c14-11-6-18-12(5-9(11)7-19)8-2-1-3-10(4-8)20-13(15,16)17/h1-6,19H,7H2. The molecule has 2 rings (SSSR count). The summed E-state index contributed by atoms with van der Waals surface area (Å²) in [5.41, 5.74) is 0.571. The van der Waals surface area contributed by atoms with Gasteiger partial charge in [0.05, 0.1) is 18.5 Å². The third kappa shape index (κ3) is 3.45. The second kappa shape index (κ2) is 5.46. The molecule has 20 heavy (non-hydrogen) atoms. The fourth-order valence-corrected chi connectivity index (χ4v) is 1.61. The second-order valence-electron chi connectivity index (χ2n) is 3.89.